The molecule has 1 aliphatic rings. The van der Waals surface area contributed by atoms with Gasteiger partial charge >= 0.3 is 12.1 Å². The zero-order valence-electron chi connectivity index (χ0n) is 11.3. The van der Waals surface area contributed by atoms with Gasteiger partial charge in [0.1, 0.15) is 0 Å². The molecular weight excluding hydrogens is 268 g/mol. The third kappa shape index (κ3) is 3.19. The second-order valence-corrected chi connectivity index (χ2v) is 5.35. The van der Waals surface area contributed by atoms with Crippen LogP contribution in [0.1, 0.15) is 40.5 Å². The molecule has 7 heteroatoms. The lowest BCUT2D eigenvalue weighted by Gasteiger charge is -2.27. The number of esters is 1. The standard InChI is InChI=1S/C12H18F4O3/c1-5-10(3,13)9(17)18-8-7(2)6-11(4,19-8)12(14,15)16/h7-8H,5-6H2,1-4H3. The number of hydrogen-bond acceptors (Lipinski definition) is 3. The van der Waals surface area contributed by atoms with Gasteiger partial charge in [-0.25, -0.2) is 9.18 Å². The van der Waals surface area contributed by atoms with Gasteiger partial charge in [0.25, 0.3) is 0 Å². The molecular formula is C12H18F4O3. The monoisotopic (exact) mass is 286 g/mol. The molecule has 0 N–H and O–H groups in total. The third-order valence-electron chi connectivity index (χ3n) is 3.46. The van der Waals surface area contributed by atoms with Crippen LogP contribution >= 0.6 is 0 Å². The molecule has 1 rings (SSSR count). The molecule has 4 unspecified atom stereocenters. The van der Waals surface area contributed by atoms with Crippen LogP contribution in [0.15, 0.2) is 0 Å². The summed E-state index contributed by atoms with van der Waals surface area (Å²) < 4.78 is 61.6. The Morgan fingerprint density at radius 1 is 1.42 bits per heavy atom. The summed E-state index contributed by atoms with van der Waals surface area (Å²) in [5.41, 5.74) is -4.59. The Morgan fingerprint density at radius 2 is 1.95 bits per heavy atom. The van der Waals surface area contributed by atoms with Crippen molar-refractivity contribution in [3.8, 4) is 0 Å². The highest BCUT2D eigenvalue weighted by Crippen LogP contribution is 2.46. The lowest BCUT2D eigenvalue weighted by atomic mass is 9.96. The quantitative estimate of drug-likeness (QED) is 0.589. The Morgan fingerprint density at radius 3 is 2.32 bits per heavy atom. The number of alkyl halides is 4. The molecule has 3 nitrogen and oxygen atoms in total. The summed E-state index contributed by atoms with van der Waals surface area (Å²) in [5.74, 6) is -1.85. The lowest BCUT2D eigenvalue weighted by Crippen LogP contribution is -2.43. The molecule has 0 aromatic rings. The Hall–Kier alpha value is -0.850. The number of hydrogen-bond donors (Lipinski definition) is 0. The van der Waals surface area contributed by atoms with Crippen LogP contribution in [0.5, 0.6) is 0 Å². The fraction of sp³-hybridized carbons (Fsp3) is 0.917. The molecule has 0 saturated carbocycles. The highest BCUT2D eigenvalue weighted by Gasteiger charge is 2.60. The molecule has 1 fully saturated rings. The Kier molecular flexibility index (Phi) is 4.20. The average molecular weight is 286 g/mol. The topological polar surface area (TPSA) is 35.5 Å². The summed E-state index contributed by atoms with van der Waals surface area (Å²) in [5, 5.41) is 0. The molecule has 0 aromatic carbocycles. The van der Waals surface area contributed by atoms with E-state index in [1.54, 1.807) is 0 Å². The summed E-state index contributed by atoms with van der Waals surface area (Å²) in [4.78, 5) is 11.5. The maximum Gasteiger partial charge on any atom is 0.417 e. The van der Waals surface area contributed by atoms with E-state index in [-0.39, 0.29) is 12.8 Å². The minimum absolute atomic E-state index is 0.122. The molecule has 0 spiro atoms. The summed E-state index contributed by atoms with van der Waals surface area (Å²) in [6, 6.07) is 0. The average Bonchev–Trinajstić information content (AvgIpc) is 2.54. The van der Waals surface area contributed by atoms with Gasteiger partial charge in [-0.15, -0.1) is 0 Å². The van der Waals surface area contributed by atoms with Gasteiger partial charge in [-0.1, -0.05) is 13.8 Å². The largest absolute Gasteiger partial charge is 0.433 e. The molecule has 0 aliphatic carbocycles. The zero-order chi connectivity index (χ0) is 15.1. The molecule has 1 heterocycles. The Bertz CT molecular complexity index is 353. The van der Waals surface area contributed by atoms with Crippen molar-refractivity contribution in [1.82, 2.24) is 0 Å². The second kappa shape index (κ2) is 4.92. The molecule has 4 atom stereocenters. The van der Waals surface area contributed by atoms with Crippen molar-refractivity contribution in [3.63, 3.8) is 0 Å². The van der Waals surface area contributed by atoms with E-state index in [1.807, 2.05) is 0 Å². The maximum absolute atomic E-state index is 13.7. The van der Waals surface area contributed by atoms with Crippen molar-refractivity contribution in [3.05, 3.63) is 0 Å². The van der Waals surface area contributed by atoms with E-state index < -0.39 is 35.6 Å². The van der Waals surface area contributed by atoms with Crippen molar-refractivity contribution in [2.24, 2.45) is 5.92 Å². The first-order valence-electron chi connectivity index (χ1n) is 6.07. The van der Waals surface area contributed by atoms with Crippen LogP contribution in [-0.2, 0) is 14.3 Å². The van der Waals surface area contributed by atoms with Crippen LogP contribution in [0.3, 0.4) is 0 Å². The van der Waals surface area contributed by atoms with Crippen LogP contribution < -0.4 is 0 Å². The number of rotatable bonds is 3. The summed E-state index contributed by atoms with van der Waals surface area (Å²) in [7, 11) is 0. The molecule has 1 aliphatic heterocycles. The van der Waals surface area contributed by atoms with Crippen molar-refractivity contribution < 1.29 is 31.8 Å². The first-order chi connectivity index (χ1) is 8.43. The van der Waals surface area contributed by atoms with Gasteiger partial charge in [0.15, 0.2) is 5.60 Å². The normalized spacial score (nSPS) is 34.9. The van der Waals surface area contributed by atoms with Crippen LogP contribution in [-0.4, -0.2) is 29.7 Å². The molecule has 19 heavy (non-hydrogen) atoms. The van der Waals surface area contributed by atoms with Gasteiger partial charge in [-0.05, 0) is 26.7 Å². The SMILES string of the molecule is CCC(C)(F)C(=O)OC1OC(C)(C(F)(F)F)CC1C. The first kappa shape index (κ1) is 16.2. The Labute approximate surface area is 109 Å². The fourth-order valence-corrected chi connectivity index (χ4v) is 1.83. The van der Waals surface area contributed by atoms with Crippen LogP contribution in [0.4, 0.5) is 17.6 Å². The Balaban J connectivity index is 2.76. The molecule has 0 aromatic heterocycles. The van der Waals surface area contributed by atoms with E-state index >= 15 is 0 Å². The molecule has 1 saturated heterocycles. The second-order valence-electron chi connectivity index (χ2n) is 5.35. The first-order valence-corrected chi connectivity index (χ1v) is 6.07. The van der Waals surface area contributed by atoms with Crippen molar-refractivity contribution in [2.75, 3.05) is 0 Å². The van der Waals surface area contributed by atoms with Gasteiger partial charge in [-0.3, -0.25) is 0 Å². The minimum atomic E-state index is -4.56. The van der Waals surface area contributed by atoms with Gasteiger partial charge in [-0.2, -0.15) is 13.2 Å². The van der Waals surface area contributed by atoms with Gasteiger partial charge in [0.2, 0.25) is 12.0 Å². The minimum Gasteiger partial charge on any atom is -0.433 e. The lowest BCUT2D eigenvalue weighted by molar-refractivity contribution is -0.288. The van der Waals surface area contributed by atoms with Gasteiger partial charge in [0, 0.05) is 5.92 Å². The van der Waals surface area contributed by atoms with E-state index in [1.165, 1.54) is 13.8 Å². The number of halogens is 4. The van der Waals surface area contributed by atoms with Crippen LogP contribution in [0.2, 0.25) is 0 Å². The number of ether oxygens (including phenoxy) is 2. The predicted octanol–water partition coefficient (Wildman–Crippen LogP) is 3.37. The van der Waals surface area contributed by atoms with Gasteiger partial charge in [0.05, 0.1) is 0 Å². The maximum atomic E-state index is 13.7. The fourth-order valence-electron chi connectivity index (χ4n) is 1.83. The zero-order valence-corrected chi connectivity index (χ0v) is 11.3. The van der Waals surface area contributed by atoms with Gasteiger partial charge < -0.3 is 9.47 Å². The van der Waals surface area contributed by atoms with E-state index in [9.17, 15) is 22.4 Å². The molecule has 0 bridgehead atoms. The summed E-state index contributed by atoms with van der Waals surface area (Å²) in [6.45, 7) is 4.83. The highest BCUT2D eigenvalue weighted by atomic mass is 19.4. The number of carbonyl (C=O) groups excluding carboxylic acids is 1. The highest BCUT2D eigenvalue weighted by molar-refractivity contribution is 5.78. The summed E-state index contributed by atoms with van der Waals surface area (Å²) >= 11 is 0. The third-order valence-corrected chi connectivity index (χ3v) is 3.46. The van der Waals surface area contributed by atoms with E-state index in [4.69, 9.17) is 9.47 Å². The van der Waals surface area contributed by atoms with E-state index in [0.29, 0.717) is 0 Å². The molecule has 112 valence electrons. The van der Waals surface area contributed by atoms with Crippen LogP contribution in [0.25, 0.3) is 0 Å². The van der Waals surface area contributed by atoms with Crippen molar-refractivity contribution in [1.29, 1.82) is 0 Å². The van der Waals surface area contributed by atoms with Crippen LogP contribution in [0, 0.1) is 5.92 Å². The van der Waals surface area contributed by atoms with Crippen molar-refractivity contribution >= 4 is 5.97 Å². The molecule has 0 radical (unpaired) electrons. The number of carbonyl (C=O) groups is 1. The smallest absolute Gasteiger partial charge is 0.417 e. The van der Waals surface area contributed by atoms with E-state index in [0.717, 1.165) is 13.8 Å². The predicted molar refractivity (Wildman–Crippen MR) is 59.0 cm³/mol. The van der Waals surface area contributed by atoms with E-state index in [2.05, 4.69) is 0 Å². The molecule has 0 amide bonds. The summed E-state index contributed by atoms with van der Waals surface area (Å²) in [6.07, 6.45) is -6.39. The van der Waals surface area contributed by atoms with Crippen molar-refractivity contribution in [2.45, 2.75) is 64.3 Å².